The summed E-state index contributed by atoms with van der Waals surface area (Å²) in [5, 5.41) is 67.0. The molecule has 138 heavy (non-hydrogen) atoms. The Morgan fingerprint density at radius 2 is 0.812 bits per heavy atom. The Hall–Kier alpha value is -11.1. The van der Waals surface area contributed by atoms with Crippen molar-refractivity contribution in [3.8, 4) is 12.0 Å². The van der Waals surface area contributed by atoms with E-state index in [-0.39, 0.29) is 124 Å². The van der Waals surface area contributed by atoms with Crippen molar-refractivity contribution in [2.75, 3.05) is 56.4 Å². The van der Waals surface area contributed by atoms with Crippen LogP contribution in [0.4, 0.5) is 66.5 Å². The van der Waals surface area contributed by atoms with E-state index in [1.807, 2.05) is 105 Å². The van der Waals surface area contributed by atoms with Gasteiger partial charge in [-0.3, -0.25) is 57.2 Å². The highest BCUT2D eigenvalue weighted by Crippen LogP contribution is 2.38. The van der Waals surface area contributed by atoms with E-state index in [9.17, 15) is 66.5 Å². The number of anilines is 6. The van der Waals surface area contributed by atoms with Crippen LogP contribution in [0.2, 0.25) is 15.1 Å². The monoisotopic (exact) mass is 2090 g/mol. The van der Waals surface area contributed by atoms with Crippen LogP contribution in [0.3, 0.4) is 0 Å². The Bertz CT molecular complexity index is 5620. The van der Waals surface area contributed by atoms with Crippen molar-refractivity contribution in [3.63, 3.8) is 0 Å². The second-order valence-corrected chi connectivity index (χ2v) is 40.6. The molecule has 8 aromatic rings. The predicted octanol–water partition coefficient (Wildman–Crippen LogP) is 14.6. The van der Waals surface area contributed by atoms with Crippen molar-refractivity contribution in [3.05, 3.63) is 150 Å². The van der Waals surface area contributed by atoms with E-state index in [0.717, 1.165) is 107 Å². The molecule has 0 spiro atoms. The Labute approximate surface area is 827 Å². The quantitative estimate of drug-likeness (QED) is 0.0637. The van der Waals surface area contributed by atoms with Crippen LogP contribution >= 0.6 is 57.4 Å². The summed E-state index contributed by atoms with van der Waals surface area (Å²) < 4.78 is 65.1. The van der Waals surface area contributed by atoms with Crippen LogP contribution in [0.1, 0.15) is 196 Å². The van der Waals surface area contributed by atoms with E-state index >= 15 is 0 Å². The molecule has 37 nitrogen and oxygen atoms in total. The molecule has 44 heteroatoms. The number of aliphatic hydroxyl groups excluding tert-OH is 3. The summed E-state index contributed by atoms with van der Waals surface area (Å²) in [6.07, 6.45) is 15.2. The summed E-state index contributed by atoms with van der Waals surface area (Å²) in [7, 11) is 0. The molecule has 5 aromatic heterocycles. The van der Waals surface area contributed by atoms with Crippen molar-refractivity contribution in [2.45, 2.75) is 292 Å². The van der Waals surface area contributed by atoms with Gasteiger partial charge in [0.15, 0.2) is 0 Å². The van der Waals surface area contributed by atoms with Gasteiger partial charge < -0.3 is 74.9 Å². The molecule has 4 saturated heterocycles. The number of nitriles is 1. The van der Waals surface area contributed by atoms with Crippen molar-refractivity contribution in [1.29, 1.82) is 5.26 Å². The number of urea groups is 2. The number of piperidine rings is 4. The van der Waals surface area contributed by atoms with Gasteiger partial charge in [0.05, 0.1) is 215 Å². The number of carbonyl (C=O) groups is 9. The molecule has 5 fully saturated rings. The maximum atomic E-state index is 13.4. The predicted molar refractivity (Wildman–Crippen MR) is 517 cm³/mol. The van der Waals surface area contributed by atoms with Crippen LogP contribution in [-0.2, 0) is 98.9 Å². The number of nitrogens with one attached hydrogen (secondary N) is 3. The average molecular weight is 2090 g/mol. The summed E-state index contributed by atoms with van der Waals surface area (Å²) in [5.74, 6) is -0.218. The maximum absolute atomic E-state index is 13.4. The normalized spacial score (nSPS) is 22.3. The van der Waals surface area contributed by atoms with Gasteiger partial charge in [-0.15, -0.1) is 5.26 Å². The lowest BCUT2D eigenvalue weighted by Crippen LogP contribution is -2.48. The van der Waals surface area contributed by atoms with Crippen molar-refractivity contribution < 1.29 is 85.9 Å². The fourth-order valence-corrected chi connectivity index (χ4v) is 18.3. The summed E-state index contributed by atoms with van der Waals surface area (Å²) in [4.78, 5) is 124. The molecule has 6 N–H and O–H groups in total. The van der Waals surface area contributed by atoms with Gasteiger partial charge in [0.2, 0.25) is 23.6 Å². The van der Waals surface area contributed by atoms with Crippen LogP contribution in [-0.4, -0.2) is 223 Å². The molecule has 3 aromatic carbocycles. The zero-order chi connectivity index (χ0) is 100. The van der Waals surface area contributed by atoms with Gasteiger partial charge in [-0.05, 0) is 198 Å². The first-order chi connectivity index (χ1) is 65.3. The van der Waals surface area contributed by atoms with Gasteiger partial charge in [-0.2, -0.15) is 25.5 Å². The minimum Gasteiger partial charge on any atom is -0.444 e. The van der Waals surface area contributed by atoms with Crippen molar-refractivity contribution >= 4 is 145 Å². The molecule has 1 aliphatic carbocycles. The van der Waals surface area contributed by atoms with E-state index in [2.05, 4.69) is 89.5 Å². The molecule has 0 radical (unpaired) electrons. The SMILES string of the molecule is CC1CCN(c2cnn3c2CN(C(=O)Nc2ccc(F)c(Cl)c2)[C@@H](C)C3)C(=O)C1.CC1CCN(c2cnn3c2CN[C@@H](C)C3)C(=O)C1.C[C@H]1Cn2ncc(I)c2CN1C(=O)OC(C)(C)C.C[C@H]1Cn2ncc(N3CCC(O)CC3=O)c2CN1C(=O)Nc1ccc(F)c(Cl)c1.C[C@H]1Cn2ncc(N3CCC(O)CC3=O)c2CN1C(=O)OC(C)(C)C.N#COc1ccc(F)c(Cl)c1.O=C1CCCC(O)C1. The summed E-state index contributed by atoms with van der Waals surface area (Å²) >= 11 is 19.2. The minimum atomic E-state index is -0.616. The number of ketones is 1. The van der Waals surface area contributed by atoms with E-state index in [0.29, 0.717) is 132 Å². The first kappa shape index (κ1) is 106. The van der Waals surface area contributed by atoms with Gasteiger partial charge >= 0.3 is 24.2 Å². The van der Waals surface area contributed by atoms with Crippen LogP contribution in [0.15, 0.2) is 85.6 Å². The number of aliphatic hydroxyl groups is 3. The Morgan fingerprint density at radius 3 is 1.18 bits per heavy atom. The summed E-state index contributed by atoms with van der Waals surface area (Å²) in [5.41, 5.74) is 7.64. The molecule has 9 aliphatic heterocycles. The number of rotatable bonds is 7. The Morgan fingerprint density at radius 1 is 0.464 bits per heavy atom. The zero-order valence-electron chi connectivity index (χ0n) is 79.6. The third-order valence-electron chi connectivity index (χ3n) is 24.8. The zero-order valence-corrected chi connectivity index (χ0v) is 84.0. The lowest BCUT2D eigenvalue weighted by Gasteiger charge is -2.36. The fraction of sp³-hybridized carbons (Fsp3) is 0.543. The molecule has 14 heterocycles. The number of carbonyl (C=O) groups excluding carboxylic acids is 9. The average Bonchev–Trinajstić information content (AvgIpc) is 1.65. The van der Waals surface area contributed by atoms with Gasteiger partial charge in [-0.25, -0.2) is 32.3 Å². The molecule has 0 bridgehead atoms. The van der Waals surface area contributed by atoms with E-state index in [1.165, 1.54) is 54.8 Å². The van der Waals surface area contributed by atoms with Crippen LogP contribution in [0.5, 0.6) is 5.75 Å². The number of benzene rings is 3. The standard InChI is InChI=1S/C20H23ClFN5O2.C19H21ClFN5O3.C17H26N4O4.C13H20N4O.C12H18IN3O2.C7H3ClFNO.C6H10O2/c1-12-5-6-25(19(28)7-12)17-9-23-27-10-13(2)26(11-18(17)27)20(29)24-14-3-4-16(22)15(21)8-14;1-11-9-26-17(16(8-22-26)24-5-4-13(27)7-18(24)28)10-25(11)19(29)23-12-2-3-15(21)14(20)6-12;1-11-9-21-14(10-20(11)16(24)25-17(2,3)4)13(8-18-21)19-6-5-12(22)7-15(19)23;1-9-3-4-16(13(18)5-9)11-7-15-17-8-10(2)14-6-12(11)17;1-8-6-16-10(9(13)5-14-16)7-15(8)11(17)18-12(2,3)4;8-6-3-5(11-4-10)1-2-7(6)9;7-5-2-1-3-6(8)4-5/h3-4,8-9,12-13H,5-7,10-11H2,1-2H3,(H,24,29);2-3,6,8,11,13,27H,4-5,7,9-10H2,1H3,(H,23,29);8,11-12,22H,5-7,9-10H2,1-4H3;7,9-10,14H,3-6,8H2,1-2H3;5,8H,6-7H2,1-4H3;1-3H;5,7H,1-4H2/t12?,13-;11-,13?;11-,12?;9?,10-;8-;;/m00000../s1. The number of halogens is 7. The number of ether oxygens (including phenoxy) is 3. The molecular weight excluding hydrogens is 1970 g/mol. The summed E-state index contributed by atoms with van der Waals surface area (Å²) in [6, 6.07) is 11.4. The first-order valence-corrected chi connectivity index (χ1v) is 48.4. The van der Waals surface area contributed by atoms with E-state index < -0.39 is 40.9 Å². The second kappa shape index (κ2) is 46.3. The fourth-order valence-electron chi connectivity index (χ4n) is 17.2. The highest BCUT2D eigenvalue weighted by Gasteiger charge is 2.41. The largest absolute Gasteiger partial charge is 0.444 e. The van der Waals surface area contributed by atoms with Gasteiger partial charge in [0.25, 0.3) is 6.26 Å². The molecule has 10 atom stereocenters. The highest BCUT2D eigenvalue weighted by molar-refractivity contribution is 14.1. The van der Waals surface area contributed by atoms with E-state index in [1.54, 1.807) is 57.6 Å². The van der Waals surface area contributed by atoms with E-state index in [4.69, 9.17) is 54.6 Å². The first-order valence-electron chi connectivity index (χ1n) is 46.2. The van der Waals surface area contributed by atoms with Crippen LogP contribution in [0.25, 0.3) is 0 Å². The third kappa shape index (κ3) is 27.3. The lowest BCUT2D eigenvalue weighted by molar-refractivity contribution is -0.123. The number of aromatic nitrogens is 10. The number of fused-ring (bicyclic) bond motifs is 5. The van der Waals surface area contributed by atoms with Gasteiger partial charge in [0, 0.05) is 81.9 Å². The lowest BCUT2D eigenvalue weighted by atomic mass is 9.97. The number of Topliss-reactive ketones (excluding diaryl/α,β-unsaturated/α-hetero) is 1. The number of amides is 10. The van der Waals surface area contributed by atoms with Gasteiger partial charge in [0.1, 0.15) is 40.2 Å². The van der Waals surface area contributed by atoms with Gasteiger partial charge in [-0.1, -0.05) is 48.7 Å². The molecule has 10 amide bonds. The third-order valence-corrected chi connectivity index (χ3v) is 26.5. The van der Waals surface area contributed by atoms with Crippen LogP contribution in [0, 0.1) is 44.4 Å². The summed E-state index contributed by atoms with van der Waals surface area (Å²) in [6.45, 7) is 33.2. The highest BCUT2D eigenvalue weighted by atomic mass is 127. The molecule has 746 valence electrons. The van der Waals surface area contributed by atoms with Crippen molar-refractivity contribution in [1.82, 2.24) is 73.8 Å². The second-order valence-electron chi connectivity index (χ2n) is 38.3. The Balaban J connectivity index is 0.000000149. The smallest absolute Gasteiger partial charge is 0.410 e. The number of hydrogen-bond acceptors (Lipinski definition) is 22. The number of hydrogen-bond donors (Lipinski definition) is 6. The molecule has 18 rings (SSSR count). The minimum absolute atomic E-state index is 0.0472. The Kier molecular flexibility index (Phi) is 35.5. The molecule has 1 saturated carbocycles. The number of nitrogens with zero attached hydrogens (tertiary/aromatic N) is 19. The maximum Gasteiger partial charge on any atom is 0.410 e. The van der Waals surface area contributed by atoms with Crippen LogP contribution < -0.4 is 40.3 Å². The molecular formula is C94H121Cl3F3IN22O15. The molecule has 10 aliphatic rings. The topological polar surface area (TPSA) is 417 Å². The van der Waals surface area contributed by atoms with Crippen molar-refractivity contribution in [2.24, 2.45) is 11.8 Å². The molecule has 5 unspecified atom stereocenters.